The van der Waals surface area contributed by atoms with Crippen LogP contribution in [-0.2, 0) is 0 Å². The van der Waals surface area contributed by atoms with Crippen molar-refractivity contribution in [1.29, 1.82) is 0 Å². The Morgan fingerprint density at radius 1 is 1.62 bits per heavy atom. The first-order valence-corrected chi connectivity index (χ1v) is 3.12. The van der Waals surface area contributed by atoms with Crippen molar-refractivity contribution in [2.45, 2.75) is 32.9 Å². The van der Waals surface area contributed by atoms with Crippen LogP contribution in [-0.4, -0.2) is 11.3 Å². The minimum Gasteiger partial charge on any atom is -0.379 e. The van der Waals surface area contributed by atoms with Crippen molar-refractivity contribution in [2.75, 3.05) is 0 Å². The van der Waals surface area contributed by atoms with E-state index >= 15 is 0 Å². The maximum absolute atomic E-state index is 8.73. The molecule has 0 fully saturated rings. The molecule has 0 radical (unpaired) electrons. The Balaban J connectivity index is 3.17. The van der Waals surface area contributed by atoms with Crippen molar-refractivity contribution in [3.05, 3.63) is 0 Å². The molecule has 0 rings (SSSR count). The minimum atomic E-state index is -0.630. The minimum absolute atomic E-state index is 0.250. The summed E-state index contributed by atoms with van der Waals surface area (Å²) in [6.45, 7) is 4.03. The maximum atomic E-state index is 8.73. The van der Waals surface area contributed by atoms with Gasteiger partial charge in [0.1, 0.15) is 6.23 Å². The van der Waals surface area contributed by atoms with Gasteiger partial charge < -0.3 is 10.8 Å². The van der Waals surface area contributed by atoms with Gasteiger partial charge in [-0.3, -0.25) is 0 Å². The fourth-order valence-electron chi connectivity index (χ4n) is 0.626. The molecule has 0 aromatic heterocycles. The zero-order valence-corrected chi connectivity index (χ0v) is 5.59. The van der Waals surface area contributed by atoms with Crippen LogP contribution in [0.2, 0.25) is 0 Å². The Morgan fingerprint density at radius 3 is 2.25 bits per heavy atom. The highest BCUT2D eigenvalue weighted by atomic mass is 16.3. The zero-order valence-electron chi connectivity index (χ0n) is 5.59. The molecule has 8 heavy (non-hydrogen) atoms. The van der Waals surface area contributed by atoms with Crippen LogP contribution in [0.5, 0.6) is 0 Å². The van der Waals surface area contributed by atoms with E-state index in [9.17, 15) is 0 Å². The molecular formula is C6H15NO. The van der Waals surface area contributed by atoms with Crippen molar-refractivity contribution in [1.82, 2.24) is 0 Å². The molecule has 0 aromatic rings. The lowest BCUT2D eigenvalue weighted by Gasteiger charge is -2.11. The average Bonchev–Trinajstić information content (AvgIpc) is 1.67. The van der Waals surface area contributed by atoms with Crippen molar-refractivity contribution in [2.24, 2.45) is 11.7 Å². The molecule has 0 aromatic carbocycles. The molecule has 0 aliphatic carbocycles. The van der Waals surface area contributed by atoms with Gasteiger partial charge in [-0.2, -0.15) is 0 Å². The molecule has 2 heteroatoms. The highest BCUT2D eigenvalue weighted by Gasteiger charge is 2.05. The fraction of sp³-hybridized carbons (Fsp3) is 1.00. The van der Waals surface area contributed by atoms with Crippen molar-refractivity contribution in [3.63, 3.8) is 0 Å². The SMILES string of the molecule is CCCC(C)C(N)O. The Morgan fingerprint density at radius 2 is 2.12 bits per heavy atom. The van der Waals surface area contributed by atoms with Crippen LogP contribution < -0.4 is 5.73 Å². The van der Waals surface area contributed by atoms with E-state index in [0.717, 1.165) is 12.8 Å². The third-order valence-corrected chi connectivity index (χ3v) is 1.33. The van der Waals surface area contributed by atoms with Crippen LogP contribution in [0.4, 0.5) is 0 Å². The number of hydrogen-bond acceptors (Lipinski definition) is 2. The molecule has 0 aliphatic rings. The smallest absolute Gasteiger partial charge is 0.104 e. The number of rotatable bonds is 3. The molecule has 0 saturated carbocycles. The standard InChI is InChI=1S/C6H15NO/c1-3-4-5(2)6(7)8/h5-6,8H,3-4,7H2,1-2H3. The van der Waals surface area contributed by atoms with Crippen LogP contribution in [0.15, 0.2) is 0 Å². The van der Waals surface area contributed by atoms with Gasteiger partial charge >= 0.3 is 0 Å². The predicted molar refractivity (Wildman–Crippen MR) is 34.3 cm³/mol. The number of aliphatic hydroxyl groups is 1. The molecule has 0 spiro atoms. The summed E-state index contributed by atoms with van der Waals surface area (Å²) in [4.78, 5) is 0. The Labute approximate surface area is 50.7 Å². The van der Waals surface area contributed by atoms with E-state index in [1.54, 1.807) is 0 Å². The van der Waals surface area contributed by atoms with E-state index in [0.29, 0.717) is 0 Å². The lowest BCUT2D eigenvalue weighted by Crippen LogP contribution is -2.27. The summed E-state index contributed by atoms with van der Waals surface area (Å²) in [6, 6.07) is 0. The first-order chi connectivity index (χ1) is 3.68. The Bertz CT molecular complexity index is 54.5. The van der Waals surface area contributed by atoms with E-state index in [-0.39, 0.29) is 5.92 Å². The summed E-state index contributed by atoms with van der Waals surface area (Å²) in [6.07, 6.45) is 1.47. The molecule has 50 valence electrons. The molecule has 0 bridgehead atoms. The van der Waals surface area contributed by atoms with Gasteiger partial charge in [-0.05, 0) is 12.3 Å². The van der Waals surface area contributed by atoms with Crippen molar-refractivity contribution < 1.29 is 5.11 Å². The van der Waals surface area contributed by atoms with E-state index in [2.05, 4.69) is 6.92 Å². The van der Waals surface area contributed by atoms with Gasteiger partial charge in [-0.15, -0.1) is 0 Å². The summed E-state index contributed by atoms with van der Waals surface area (Å²) < 4.78 is 0. The predicted octanol–water partition coefficient (Wildman–Crippen LogP) is 0.700. The van der Waals surface area contributed by atoms with Crippen LogP contribution in [0.1, 0.15) is 26.7 Å². The van der Waals surface area contributed by atoms with Crippen LogP contribution in [0.25, 0.3) is 0 Å². The summed E-state index contributed by atoms with van der Waals surface area (Å²) >= 11 is 0. The highest BCUT2D eigenvalue weighted by Crippen LogP contribution is 2.05. The van der Waals surface area contributed by atoms with Gasteiger partial charge in [-0.1, -0.05) is 20.3 Å². The molecule has 0 saturated heterocycles. The van der Waals surface area contributed by atoms with Crippen LogP contribution in [0, 0.1) is 5.92 Å². The zero-order chi connectivity index (χ0) is 6.57. The highest BCUT2D eigenvalue weighted by molar-refractivity contribution is 4.55. The Hall–Kier alpha value is -0.0800. The number of hydrogen-bond donors (Lipinski definition) is 2. The monoisotopic (exact) mass is 117 g/mol. The van der Waals surface area contributed by atoms with Gasteiger partial charge in [0.15, 0.2) is 0 Å². The third kappa shape index (κ3) is 2.99. The molecule has 0 amide bonds. The van der Waals surface area contributed by atoms with Crippen LogP contribution >= 0.6 is 0 Å². The van der Waals surface area contributed by atoms with Crippen molar-refractivity contribution >= 4 is 0 Å². The summed E-state index contributed by atoms with van der Waals surface area (Å²) in [5, 5.41) is 8.73. The summed E-state index contributed by atoms with van der Waals surface area (Å²) in [5.74, 6) is 0.250. The van der Waals surface area contributed by atoms with E-state index < -0.39 is 6.23 Å². The van der Waals surface area contributed by atoms with Gasteiger partial charge in [-0.25, -0.2) is 0 Å². The molecule has 0 aliphatic heterocycles. The lowest BCUT2D eigenvalue weighted by atomic mass is 10.1. The number of nitrogens with two attached hydrogens (primary N) is 1. The topological polar surface area (TPSA) is 46.2 Å². The molecule has 0 heterocycles. The second-order valence-corrected chi connectivity index (χ2v) is 2.26. The largest absolute Gasteiger partial charge is 0.379 e. The molecule has 3 N–H and O–H groups in total. The van der Waals surface area contributed by atoms with Gasteiger partial charge in [0.2, 0.25) is 0 Å². The van der Waals surface area contributed by atoms with Gasteiger partial charge in [0, 0.05) is 0 Å². The molecule has 2 atom stereocenters. The summed E-state index contributed by atoms with van der Waals surface area (Å²) in [5.41, 5.74) is 5.18. The molecule has 2 nitrogen and oxygen atoms in total. The normalized spacial score (nSPS) is 18.0. The van der Waals surface area contributed by atoms with Gasteiger partial charge in [0.05, 0.1) is 0 Å². The number of aliphatic hydroxyl groups excluding tert-OH is 1. The van der Waals surface area contributed by atoms with Crippen molar-refractivity contribution in [3.8, 4) is 0 Å². The van der Waals surface area contributed by atoms with Gasteiger partial charge in [0.25, 0.3) is 0 Å². The second-order valence-electron chi connectivity index (χ2n) is 2.26. The van der Waals surface area contributed by atoms with E-state index in [1.807, 2.05) is 6.92 Å². The van der Waals surface area contributed by atoms with Crippen LogP contribution in [0.3, 0.4) is 0 Å². The average molecular weight is 117 g/mol. The summed E-state index contributed by atoms with van der Waals surface area (Å²) in [7, 11) is 0. The van der Waals surface area contributed by atoms with E-state index in [1.165, 1.54) is 0 Å². The fourth-order valence-corrected chi connectivity index (χ4v) is 0.626. The maximum Gasteiger partial charge on any atom is 0.104 e. The lowest BCUT2D eigenvalue weighted by molar-refractivity contribution is 0.118. The first-order valence-electron chi connectivity index (χ1n) is 3.12. The quantitative estimate of drug-likeness (QED) is 0.534. The molecule has 2 unspecified atom stereocenters. The third-order valence-electron chi connectivity index (χ3n) is 1.33. The second kappa shape index (κ2) is 3.87. The first kappa shape index (κ1) is 7.92. The molecular weight excluding hydrogens is 102 g/mol. The van der Waals surface area contributed by atoms with E-state index in [4.69, 9.17) is 10.8 Å². The Kier molecular flexibility index (Phi) is 3.83.